The van der Waals surface area contributed by atoms with Gasteiger partial charge < -0.3 is 0 Å². The third-order valence-electron chi connectivity index (χ3n) is 2.49. The molecule has 1 aromatic rings. The van der Waals surface area contributed by atoms with E-state index in [2.05, 4.69) is 5.10 Å². The van der Waals surface area contributed by atoms with Gasteiger partial charge in [-0.2, -0.15) is 5.10 Å². The second-order valence-electron chi connectivity index (χ2n) is 3.97. The van der Waals surface area contributed by atoms with Crippen molar-refractivity contribution in [3.05, 3.63) is 17.0 Å². The molecule has 90 valence electrons. The molecule has 0 saturated heterocycles. The Morgan fingerprint density at radius 3 is 2.31 bits per heavy atom. The van der Waals surface area contributed by atoms with E-state index in [0.717, 1.165) is 11.9 Å². The van der Waals surface area contributed by atoms with Gasteiger partial charge in [-0.3, -0.25) is 9.48 Å². The average molecular weight is 244 g/mol. The molecule has 0 saturated carbocycles. The van der Waals surface area contributed by atoms with Gasteiger partial charge in [-0.05, 0) is 13.8 Å². The molecule has 1 heterocycles. The Morgan fingerprint density at radius 2 is 1.94 bits per heavy atom. The number of ketones is 1. The molecule has 0 unspecified atom stereocenters. The minimum Gasteiger partial charge on any atom is -0.294 e. The van der Waals surface area contributed by atoms with Crippen LogP contribution in [0.1, 0.15) is 28.2 Å². The number of rotatable bonds is 4. The first-order valence-corrected chi connectivity index (χ1v) is 6.99. The number of Topliss-reactive ketones (excluding diaryl/α,β-unsaturated/α-hetero) is 1. The second-order valence-corrected chi connectivity index (χ2v) is 6.23. The normalized spacial score (nSPS) is 11.8. The van der Waals surface area contributed by atoms with Gasteiger partial charge in [0.05, 0.1) is 17.0 Å². The number of aryl methyl sites for hydroxylation is 2. The van der Waals surface area contributed by atoms with Crippen LogP contribution < -0.4 is 0 Å². The van der Waals surface area contributed by atoms with Crippen molar-refractivity contribution in [3.8, 4) is 0 Å². The largest absolute Gasteiger partial charge is 0.294 e. The molecule has 0 amide bonds. The molecule has 0 fully saturated rings. The number of sulfone groups is 1. The number of hydrogen-bond donors (Lipinski definition) is 0. The number of carbonyl (C=O) groups is 1. The Morgan fingerprint density at radius 1 is 1.38 bits per heavy atom. The molecule has 0 N–H and O–H groups in total. The zero-order valence-electron chi connectivity index (χ0n) is 9.94. The fourth-order valence-electron chi connectivity index (χ4n) is 1.58. The molecule has 0 aliphatic heterocycles. The topological polar surface area (TPSA) is 69.0 Å². The molecule has 16 heavy (non-hydrogen) atoms. The Kier molecular flexibility index (Phi) is 3.52. The van der Waals surface area contributed by atoms with Crippen molar-refractivity contribution in [1.82, 2.24) is 9.78 Å². The SMILES string of the molecule is Cc1nn(C)c(C)c1C(=O)CCS(C)(=O)=O. The van der Waals surface area contributed by atoms with Crippen LogP contribution in [0.15, 0.2) is 0 Å². The molecular formula is C10H16N2O3S. The molecule has 1 rings (SSSR count). The molecule has 0 radical (unpaired) electrons. The Hall–Kier alpha value is -1.17. The molecule has 1 aromatic heterocycles. The number of aromatic nitrogens is 2. The van der Waals surface area contributed by atoms with E-state index in [-0.39, 0.29) is 18.0 Å². The average Bonchev–Trinajstić information content (AvgIpc) is 2.36. The summed E-state index contributed by atoms with van der Waals surface area (Å²) < 4.78 is 23.6. The van der Waals surface area contributed by atoms with Crippen molar-refractivity contribution >= 4 is 15.6 Å². The third kappa shape index (κ3) is 2.91. The summed E-state index contributed by atoms with van der Waals surface area (Å²) in [6.45, 7) is 3.55. The van der Waals surface area contributed by atoms with Crippen LogP contribution in [0.4, 0.5) is 0 Å². The molecule has 0 bridgehead atoms. The van der Waals surface area contributed by atoms with Gasteiger partial charge in [0.15, 0.2) is 5.78 Å². The number of carbonyl (C=O) groups excluding carboxylic acids is 1. The van der Waals surface area contributed by atoms with Crippen LogP contribution in [0.3, 0.4) is 0 Å². The highest BCUT2D eigenvalue weighted by atomic mass is 32.2. The predicted molar refractivity (Wildman–Crippen MR) is 61.3 cm³/mol. The lowest BCUT2D eigenvalue weighted by Crippen LogP contribution is -2.11. The van der Waals surface area contributed by atoms with Crippen LogP contribution >= 0.6 is 0 Å². The molecule has 0 aliphatic carbocycles. The van der Waals surface area contributed by atoms with Crippen LogP contribution in [0, 0.1) is 13.8 Å². The Balaban J connectivity index is 2.89. The highest BCUT2D eigenvalue weighted by Crippen LogP contribution is 2.14. The Labute approximate surface area is 95.4 Å². The summed E-state index contributed by atoms with van der Waals surface area (Å²) in [7, 11) is -1.33. The monoisotopic (exact) mass is 244 g/mol. The lowest BCUT2D eigenvalue weighted by atomic mass is 10.1. The standard InChI is InChI=1S/C10H16N2O3S/c1-7-10(8(2)12(3)11-7)9(13)5-6-16(4,14)15/h5-6H2,1-4H3. The molecule has 0 aliphatic rings. The van der Waals surface area contributed by atoms with Crippen LogP contribution in [0.25, 0.3) is 0 Å². The minimum absolute atomic E-state index is 0.0200. The van der Waals surface area contributed by atoms with Gasteiger partial charge in [0.2, 0.25) is 0 Å². The fourth-order valence-corrected chi connectivity index (χ4v) is 2.14. The molecule has 0 spiro atoms. The van der Waals surface area contributed by atoms with E-state index >= 15 is 0 Å². The van der Waals surface area contributed by atoms with E-state index in [4.69, 9.17) is 0 Å². The first-order chi connectivity index (χ1) is 7.22. The quantitative estimate of drug-likeness (QED) is 0.729. The minimum atomic E-state index is -3.09. The van der Waals surface area contributed by atoms with Crippen LogP contribution in [-0.4, -0.2) is 36.0 Å². The van der Waals surface area contributed by atoms with E-state index in [1.807, 2.05) is 0 Å². The first kappa shape index (κ1) is 12.9. The fraction of sp³-hybridized carbons (Fsp3) is 0.600. The van der Waals surface area contributed by atoms with Gasteiger partial charge in [0, 0.05) is 25.4 Å². The molecular weight excluding hydrogens is 228 g/mol. The van der Waals surface area contributed by atoms with Crippen molar-refractivity contribution < 1.29 is 13.2 Å². The summed E-state index contributed by atoms with van der Waals surface area (Å²) in [5, 5.41) is 4.12. The van der Waals surface area contributed by atoms with Crippen molar-refractivity contribution in [1.29, 1.82) is 0 Å². The zero-order chi connectivity index (χ0) is 12.5. The summed E-state index contributed by atoms with van der Waals surface area (Å²) in [6, 6.07) is 0. The van der Waals surface area contributed by atoms with Crippen molar-refractivity contribution in [3.63, 3.8) is 0 Å². The van der Waals surface area contributed by atoms with E-state index in [1.54, 1.807) is 25.6 Å². The van der Waals surface area contributed by atoms with Crippen LogP contribution in [0.5, 0.6) is 0 Å². The maximum Gasteiger partial charge on any atom is 0.167 e. The molecule has 6 heteroatoms. The van der Waals surface area contributed by atoms with E-state index < -0.39 is 9.84 Å². The van der Waals surface area contributed by atoms with Crippen LogP contribution in [-0.2, 0) is 16.9 Å². The summed E-state index contributed by atoms with van der Waals surface area (Å²) in [5.41, 5.74) is 1.97. The zero-order valence-corrected chi connectivity index (χ0v) is 10.8. The summed E-state index contributed by atoms with van der Waals surface area (Å²) >= 11 is 0. The smallest absolute Gasteiger partial charge is 0.167 e. The predicted octanol–water partition coefficient (Wildman–Crippen LogP) is 0.654. The van der Waals surface area contributed by atoms with Gasteiger partial charge >= 0.3 is 0 Å². The third-order valence-corrected chi connectivity index (χ3v) is 3.43. The van der Waals surface area contributed by atoms with Crippen LogP contribution in [0.2, 0.25) is 0 Å². The van der Waals surface area contributed by atoms with Crippen molar-refractivity contribution in [2.75, 3.05) is 12.0 Å². The van der Waals surface area contributed by atoms with E-state index in [9.17, 15) is 13.2 Å². The lowest BCUT2D eigenvalue weighted by molar-refractivity contribution is 0.0987. The second kappa shape index (κ2) is 4.37. The summed E-state index contributed by atoms with van der Waals surface area (Å²) in [6.07, 6.45) is 1.15. The highest BCUT2D eigenvalue weighted by Gasteiger charge is 2.18. The number of hydrogen-bond acceptors (Lipinski definition) is 4. The Bertz CT molecular complexity index is 514. The van der Waals surface area contributed by atoms with Gasteiger partial charge in [0.25, 0.3) is 0 Å². The van der Waals surface area contributed by atoms with Gasteiger partial charge in [-0.25, -0.2) is 8.42 Å². The number of nitrogens with zero attached hydrogens (tertiary/aromatic N) is 2. The van der Waals surface area contributed by atoms with Crippen molar-refractivity contribution in [2.45, 2.75) is 20.3 Å². The van der Waals surface area contributed by atoms with Gasteiger partial charge in [-0.1, -0.05) is 0 Å². The summed E-state index contributed by atoms with van der Waals surface area (Å²) in [5.74, 6) is -0.270. The summed E-state index contributed by atoms with van der Waals surface area (Å²) in [4.78, 5) is 11.8. The molecule has 5 nitrogen and oxygen atoms in total. The maximum absolute atomic E-state index is 11.8. The van der Waals surface area contributed by atoms with Crippen molar-refractivity contribution in [2.24, 2.45) is 7.05 Å². The maximum atomic E-state index is 11.8. The first-order valence-electron chi connectivity index (χ1n) is 4.93. The van der Waals surface area contributed by atoms with Gasteiger partial charge in [0.1, 0.15) is 9.84 Å². The highest BCUT2D eigenvalue weighted by molar-refractivity contribution is 7.90. The van der Waals surface area contributed by atoms with Gasteiger partial charge in [-0.15, -0.1) is 0 Å². The van der Waals surface area contributed by atoms with E-state index in [0.29, 0.717) is 11.3 Å². The molecule has 0 aromatic carbocycles. The molecule has 0 atom stereocenters. The van der Waals surface area contributed by atoms with E-state index in [1.165, 1.54) is 0 Å². The lowest BCUT2D eigenvalue weighted by Gasteiger charge is -2.00.